The van der Waals surface area contributed by atoms with Gasteiger partial charge in [0.25, 0.3) is 0 Å². The van der Waals surface area contributed by atoms with Crippen LogP contribution in [0.25, 0.3) is 0 Å². The largest absolute Gasteiger partial charge is 0.417 e. The van der Waals surface area contributed by atoms with Gasteiger partial charge in [-0.25, -0.2) is 14.8 Å². The van der Waals surface area contributed by atoms with Crippen molar-refractivity contribution >= 4 is 6.03 Å². The van der Waals surface area contributed by atoms with Crippen molar-refractivity contribution in [2.24, 2.45) is 11.3 Å². The van der Waals surface area contributed by atoms with E-state index in [1.165, 1.54) is 12.4 Å². The Morgan fingerprint density at radius 2 is 1.97 bits per heavy atom. The van der Waals surface area contributed by atoms with Gasteiger partial charge in [0.2, 0.25) is 5.88 Å². The van der Waals surface area contributed by atoms with E-state index < -0.39 is 6.61 Å². The van der Waals surface area contributed by atoms with Crippen LogP contribution in [0.1, 0.15) is 43.0 Å². The molecular formula is C21H26F2N6O2. The summed E-state index contributed by atoms with van der Waals surface area (Å²) in [5.41, 5.74) is 1.32. The fourth-order valence-electron chi connectivity index (χ4n) is 5.15. The predicted octanol–water partition coefficient (Wildman–Crippen LogP) is 3.06. The highest BCUT2D eigenvalue weighted by Gasteiger charge is 2.49. The summed E-state index contributed by atoms with van der Waals surface area (Å²) in [6.07, 6.45) is 8.53. The van der Waals surface area contributed by atoms with Crippen molar-refractivity contribution in [1.29, 1.82) is 0 Å². The highest BCUT2D eigenvalue weighted by Crippen LogP contribution is 2.47. The number of hydrogen-bond acceptors (Lipinski definition) is 5. The number of aromatic amines is 1. The van der Waals surface area contributed by atoms with E-state index in [0.717, 1.165) is 56.6 Å². The summed E-state index contributed by atoms with van der Waals surface area (Å²) in [6.45, 7) is 0.258. The summed E-state index contributed by atoms with van der Waals surface area (Å²) >= 11 is 0. The first-order valence-electron chi connectivity index (χ1n) is 10.8. The number of urea groups is 1. The maximum Gasteiger partial charge on any atom is 0.388 e. The van der Waals surface area contributed by atoms with Gasteiger partial charge < -0.3 is 14.5 Å². The Hall–Kier alpha value is -2.78. The molecule has 1 N–H and O–H groups in total. The summed E-state index contributed by atoms with van der Waals surface area (Å²) in [7, 11) is 0. The van der Waals surface area contributed by atoms with Gasteiger partial charge in [-0.2, -0.15) is 13.9 Å². The molecule has 0 radical (unpaired) electrons. The fraction of sp³-hybridized carbons (Fsp3) is 0.619. The number of carbonyl (C=O) groups is 1. The lowest BCUT2D eigenvalue weighted by atomic mass is 9.65. The smallest absolute Gasteiger partial charge is 0.388 e. The second-order valence-corrected chi connectivity index (χ2v) is 9.14. The van der Waals surface area contributed by atoms with Crippen LogP contribution in [0.15, 0.2) is 24.7 Å². The zero-order valence-corrected chi connectivity index (χ0v) is 17.2. The second-order valence-electron chi connectivity index (χ2n) is 9.14. The summed E-state index contributed by atoms with van der Waals surface area (Å²) in [4.78, 5) is 24.7. The number of halogens is 2. The molecule has 1 saturated carbocycles. The van der Waals surface area contributed by atoms with Gasteiger partial charge in [-0.15, -0.1) is 0 Å². The Labute approximate surface area is 179 Å². The third-order valence-corrected chi connectivity index (χ3v) is 6.99. The van der Waals surface area contributed by atoms with Crippen molar-refractivity contribution in [2.75, 3.05) is 26.2 Å². The molecule has 2 aromatic rings. The van der Waals surface area contributed by atoms with Crippen LogP contribution < -0.4 is 4.74 Å². The van der Waals surface area contributed by atoms with Crippen LogP contribution in [0.3, 0.4) is 0 Å². The predicted molar refractivity (Wildman–Crippen MR) is 107 cm³/mol. The average Bonchev–Trinajstić information content (AvgIpc) is 3.21. The van der Waals surface area contributed by atoms with Gasteiger partial charge in [0.05, 0.1) is 5.92 Å². The van der Waals surface area contributed by atoms with Crippen LogP contribution in [-0.4, -0.2) is 68.8 Å². The van der Waals surface area contributed by atoms with Crippen molar-refractivity contribution in [3.63, 3.8) is 0 Å². The molecule has 2 saturated heterocycles. The van der Waals surface area contributed by atoms with Gasteiger partial charge in [-0.3, -0.25) is 5.10 Å². The van der Waals surface area contributed by atoms with Crippen LogP contribution in [0.4, 0.5) is 13.6 Å². The summed E-state index contributed by atoms with van der Waals surface area (Å²) in [6, 6.07) is 3.46. The molecule has 2 aromatic heterocycles. The first kappa shape index (κ1) is 20.1. The SMILES string of the molecule is O=C(N1CC(c2ncn[nH]2)C1)N1CC2(CCC(Cc3ccc(OC(F)F)nc3)CC2)C1. The number of nitrogens with zero attached hydrogens (tertiary/aromatic N) is 5. The third kappa shape index (κ3) is 4.20. The molecular weight excluding hydrogens is 406 g/mol. The molecule has 0 unspecified atom stereocenters. The van der Waals surface area contributed by atoms with Crippen molar-refractivity contribution in [1.82, 2.24) is 30.0 Å². The summed E-state index contributed by atoms with van der Waals surface area (Å²) < 4.78 is 28.8. The Kier molecular flexibility index (Phi) is 5.23. The number of pyridine rings is 1. The molecule has 0 atom stereocenters. The normalized spacial score (nSPS) is 21.3. The molecule has 0 bridgehead atoms. The Morgan fingerprint density at radius 1 is 1.19 bits per heavy atom. The molecule has 10 heteroatoms. The van der Waals surface area contributed by atoms with Crippen LogP contribution in [0, 0.1) is 11.3 Å². The van der Waals surface area contributed by atoms with Crippen LogP contribution in [-0.2, 0) is 6.42 Å². The van der Waals surface area contributed by atoms with Crippen LogP contribution >= 0.6 is 0 Å². The molecule has 166 valence electrons. The minimum absolute atomic E-state index is 0.0464. The Morgan fingerprint density at radius 3 is 2.58 bits per heavy atom. The first-order chi connectivity index (χ1) is 15.0. The molecule has 4 heterocycles. The average molecular weight is 432 g/mol. The maximum atomic E-state index is 12.7. The molecule has 31 heavy (non-hydrogen) atoms. The fourth-order valence-corrected chi connectivity index (χ4v) is 5.15. The van der Waals surface area contributed by atoms with E-state index in [1.54, 1.807) is 6.20 Å². The van der Waals surface area contributed by atoms with Crippen molar-refractivity contribution in [2.45, 2.75) is 44.6 Å². The summed E-state index contributed by atoms with van der Waals surface area (Å²) in [5.74, 6) is 1.64. The van der Waals surface area contributed by atoms with E-state index in [2.05, 4.69) is 24.9 Å². The van der Waals surface area contributed by atoms with Crippen LogP contribution in [0.2, 0.25) is 0 Å². The number of hydrogen-bond donors (Lipinski definition) is 1. The van der Waals surface area contributed by atoms with Gasteiger partial charge in [0, 0.05) is 43.9 Å². The van der Waals surface area contributed by atoms with Crippen molar-refractivity contribution < 1.29 is 18.3 Å². The van der Waals surface area contributed by atoms with E-state index in [1.807, 2.05) is 15.9 Å². The quantitative estimate of drug-likeness (QED) is 0.785. The highest BCUT2D eigenvalue weighted by molar-refractivity contribution is 5.76. The van der Waals surface area contributed by atoms with Crippen molar-refractivity contribution in [3.8, 4) is 5.88 Å². The number of rotatable bonds is 5. The molecule has 5 rings (SSSR count). The molecule has 0 aromatic carbocycles. The molecule has 2 aliphatic heterocycles. The van der Waals surface area contributed by atoms with E-state index in [0.29, 0.717) is 19.0 Å². The second kappa shape index (κ2) is 8.05. The lowest BCUT2D eigenvalue weighted by molar-refractivity contribution is -0.0528. The standard InChI is InChI=1S/C21H26F2N6O2/c22-19(23)31-17-2-1-15(8-24-17)7-14-3-5-21(6-4-14)11-29(12-21)20(30)28-9-16(10-28)18-25-13-26-27-18/h1-2,8,13-14,16,19H,3-7,9-12H2,(H,25,26,27). The maximum absolute atomic E-state index is 12.7. The van der Waals surface area contributed by atoms with Gasteiger partial charge in [-0.05, 0) is 43.6 Å². The zero-order valence-electron chi connectivity index (χ0n) is 17.2. The molecule has 1 aliphatic carbocycles. The molecule has 3 fully saturated rings. The number of nitrogens with one attached hydrogen (secondary N) is 1. The minimum atomic E-state index is -2.85. The summed E-state index contributed by atoms with van der Waals surface area (Å²) in [5, 5.41) is 6.76. The van der Waals surface area contributed by atoms with E-state index in [-0.39, 0.29) is 23.2 Å². The molecule has 8 nitrogen and oxygen atoms in total. The monoisotopic (exact) mass is 432 g/mol. The van der Waals surface area contributed by atoms with E-state index in [4.69, 9.17) is 0 Å². The number of amides is 2. The van der Waals surface area contributed by atoms with Crippen molar-refractivity contribution in [3.05, 3.63) is 36.0 Å². The Balaban J connectivity index is 1.04. The Bertz CT molecular complexity index is 885. The van der Waals surface area contributed by atoms with E-state index in [9.17, 15) is 13.6 Å². The highest BCUT2D eigenvalue weighted by atomic mass is 19.3. The molecule has 2 amide bonds. The lowest BCUT2D eigenvalue weighted by Crippen LogP contribution is -2.64. The molecule has 1 spiro atoms. The number of ether oxygens (including phenoxy) is 1. The zero-order chi connectivity index (χ0) is 21.4. The van der Waals surface area contributed by atoms with Gasteiger partial charge in [0.1, 0.15) is 12.2 Å². The number of carbonyl (C=O) groups excluding carboxylic acids is 1. The topological polar surface area (TPSA) is 87.2 Å². The number of H-pyrrole nitrogens is 1. The molecule has 3 aliphatic rings. The minimum Gasteiger partial charge on any atom is -0.417 e. The van der Waals surface area contributed by atoms with E-state index >= 15 is 0 Å². The van der Waals surface area contributed by atoms with Gasteiger partial charge >= 0.3 is 12.6 Å². The van der Waals surface area contributed by atoms with Gasteiger partial charge in [-0.1, -0.05) is 6.07 Å². The number of alkyl halides is 2. The lowest BCUT2D eigenvalue weighted by Gasteiger charge is -2.55. The first-order valence-corrected chi connectivity index (χ1v) is 10.8. The van der Waals surface area contributed by atoms with Gasteiger partial charge in [0.15, 0.2) is 0 Å². The number of likely N-dealkylation sites (tertiary alicyclic amines) is 2. The third-order valence-electron chi connectivity index (χ3n) is 6.99. The number of aromatic nitrogens is 4. The van der Waals surface area contributed by atoms with Crippen LogP contribution in [0.5, 0.6) is 5.88 Å².